The summed E-state index contributed by atoms with van der Waals surface area (Å²) in [5.74, 6) is 1.01. The van der Waals surface area contributed by atoms with Gasteiger partial charge >= 0.3 is 0 Å². The molecule has 1 N–H and O–H groups in total. The van der Waals surface area contributed by atoms with Crippen molar-refractivity contribution in [3.63, 3.8) is 0 Å². The van der Waals surface area contributed by atoms with E-state index in [-0.39, 0.29) is 5.82 Å². The second kappa shape index (κ2) is 9.20. The van der Waals surface area contributed by atoms with Crippen LogP contribution in [0.2, 0.25) is 0 Å². The van der Waals surface area contributed by atoms with Gasteiger partial charge in [0.05, 0.1) is 11.6 Å². The number of aromatic nitrogens is 2. The molecular weight excluding hydrogens is 423 g/mol. The predicted molar refractivity (Wildman–Crippen MR) is 128 cm³/mol. The van der Waals surface area contributed by atoms with Crippen LogP contribution >= 0.6 is 12.2 Å². The molecular formula is C25H27FN4OS. The number of halogens is 1. The number of nitrogens with one attached hydrogen (secondary N) is 1. The largest absolute Gasteiger partial charge is 0.351 e. The van der Waals surface area contributed by atoms with Crippen molar-refractivity contribution in [3.05, 3.63) is 77.1 Å². The molecule has 0 saturated carbocycles. The van der Waals surface area contributed by atoms with Gasteiger partial charge in [0.2, 0.25) is 5.82 Å². The Morgan fingerprint density at radius 3 is 2.59 bits per heavy atom. The third-order valence-electron chi connectivity index (χ3n) is 5.60. The van der Waals surface area contributed by atoms with Crippen molar-refractivity contribution in [2.75, 3.05) is 6.54 Å². The van der Waals surface area contributed by atoms with Gasteiger partial charge in [0, 0.05) is 17.8 Å². The van der Waals surface area contributed by atoms with E-state index in [0.717, 1.165) is 35.4 Å². The lowest BCUT2D eigenvalue weighted by atomic mass is 9.94. The third-order valence-corrected chi connectivity index (χ3v) is 5.94. The van der Waals surface area contributed by atoms with E-state index in [2.05, 4.69) is 43.4 Å². The number of allylic oxidation sites excluding steroid dienone is 1. The van der Waals surface area contributed by atoms with E-state index in [4.69, 9.17) is 21.7 Å². The van der Waals surface area contributed by atoms with Crippen molar-refractivity contribution in [1.82, 2.24) is 20.4 Å². The van der Waals surface area contributed by atoms with Gasteiger partial charge in [-0.2, -0.15) is 4.98 Å². The molecule has 0 spiro atoms. The molecule has 0 bridgehead atoms. The van der Waals surface area contributed by atoms with Crippen molar-refractivity contribution >= 4 is 22.9 Å². The molecule has 2 heterocycles. The first-order chi connectivity index (χ1) is 15.4. The second-order valence-electron chi connectivity index (χ2n) is 8.41. The van der Waals surface area contributed by atoms with Gasteiger partial charge in [-0.1, -0.05) is 62.3 Å². The Morgan fingerprint density at radius 2 is 1.94 bits per heavy atom. The average Bonchev–Trinajstić information content (AvgIpc) is 3.26. The quantitative estimate of drug-likeness (QED) is 0.482. The minimum atomic E-state index is -0.391. The minimum Gasteiger partial charge on any atom is -0.351 e. The van der Waals surface area contributed by atoms with Crippen LogP contribution in [0, 0.1) is 11.7 Å². The van der Waals surface area contributed by atoms with Crippen LogP contribution in [0.1, 0.15) is 50.8 Å². The molecule has 1 aliphatic heterocycles. The molecule has 1 aliphatic rings. The molecule has 1 aromatic heterocycles. The van der Waals surface area contributed by atoms with Crippen LogP contribution in [0.3, 0.4) is 0 Å². The van der Waals surface area contributed by atoms with Crippen LogP contribution in [-0.4, -0.2) is 26.7 Å². The minimum absolute atomic E-state index is 0.306. The van der Waals surface area contributed by atoms with Crippen molar-refractivity contribution in [1.29, 1.82) is 0 Å². The van der Waals surface area contributed by atoms with E-state index < -0.39 is 6.04 Å². The Kier molecular flexibility index (Phi) is 6.37. The van der Waals surface area contributed by atoms with E-state index >= 15 is 0 Å². The Morgan fingerprint density at radius 1 is 1.19 bits per heavy atom. The van der Waals surface area contributed by atoms with Crippen molar-refractivity contribution in [2.45, 2.75) is 40.2 Å². The lowest BCUT2D eigenvalue weighted by molar-refractivity contribution is 0.385. The van der Waals surface area contributed by atoms with Gasteiger partial charge in [-0.05, 0) is 54.7 Å². The zero-order valence-electron chi connectivity index (χ0n) is 18.7. The Hall–Kier alpha value is -3.06. The maximum atomic E-state index is 14.0. The van der Waals surface area contributed by atoms with Crippen molar-refractivity contribution in [3.8, 4) is 11.4 Å². The number of rotatable bonds is 6. The van der Waals surface area contributed by atoms with Crippen LogP contribution in [0.15, 0.2) is 58.8 Å². The summed E-state index contributed by atoms with van der Waals surface area (Å²) in [5.41, 5.74) is 4.60. The number of benzene rings is 2. The molecule has 0 amide bonds. The summed E-state index contributed by atoms with van der Waals surface area (Å²) in [4.78, 5) is 6.75. The van der Waals surface area contributed by atoms with E-state index in [1.165, 1.54) is 17.7 Å². The van der Waals surface area contributed by atoms with Crippen LogP contribution in [0.25, 0.3) is 17.0 Å². The summed E-state index contributed by atoms with van der Waals surface area (Å²) in [6, 6.07) is 14.2. The first-order valence-electron chi connectivity index (χ1n) is 10.8. The maximum Gasteiger partial charge on any atom is 0.258 e. The van der Waals surface area contributed by atoms with Crippen LogP contribution in [0.5, 0.6) is 0 Å². The highest BCUT2D eigenvalue weighted by Crippen LogP contribution is 2.37. The maximum absolute atomic E-state index is 14.0. The van der Waals surface area contributed by atoms with E-state index in [1.807, 2.05) is 30.0 Å². The summed E-state index contributed by atoms with van der Waals surface area (Å²) in [6.45, 7) is 9.14. The zero-order chi connectivity index (χ0) is 22.8. The van der Waals surface area contributed by atoms with Gasteiger partial charge < -0.3 is 14.7 Å². The van der Waals surface area contributed by atoms with E-state index in [0.29, 0.717) is 22.7 Å². The molecule has 0 radical (unpaired) electrons. The second-order valence-corrected chi connectivity index (χ2v) is 8.80. The summed E-state index contributed by atoms with van der Waals surface area (Å²) in [6.07, 6.45) is 0.969. The van der Waals surface area contributed by atoms with Gasteiger partial charge in [-0.15, -0.1) is 0 Å². The van der Waals surface area contributed by atoms with Crippen LogP contribution < -0.4 is 5.32 Å². The molecule has 1 atom stereocenters. The smallest absolute Gasteiger partial charge is 0.258 e. The summed E-state index contributed by atoms with van der Waals surface area (Å²) < 4.78 is 19.8. The first-order valence-corrected chi connectivity index (χ1v) is 11.3. The molecule has 0 aliphatic carbocycles. The molecule has 7 heteroatoms. The van der Waals surface area contributed by atoms with E-state index in [1.54, 1.807) is 6.07 Å². The summed E-state index contributed by atoms with van der Waals surface area (Å²) in [7, 11) is 0. The fraction of sp³-hybridized carbons (Fsp3) is 0.320. The Balaban J connectivity index is 1.79. The molecule has 5 nitrogen and oxygen atoms in total. The molecule has 166 valence electrons. The summed E-state index contributed by atoms with van der Waals surface area (Å²) >= 11 is 5.66. The standard InChI is InChI=1S/C25H27FN4OS/c1-5-17-9-11-18(12-10-17)23-28-24(31-29-23)21-16(4)30(14-15(2)3)25(32)27-22(21)19-7-6-8-20(26)13-19/h6-13,15,22H,5,14H2,1-4H3,(H,27,32). The van der Waals surface area contributed by atoms with Gasteiger partial charge in [0.15, 0.2) is 5.11 Å². The SMILES string of the molecule is CCc1ccc(-c2noc(C3=C(C)N(CC(C)C)C(=S)NC3c3cccc(F)c3)n2)cc1. The first kappa shape index (κ1) is 22.1. The molecule has 32 heavy (non-hydrogen) atoms. The molecule has 3 aromatic rings. The van der Waals surface area contributed by atoms with Crippen LogP contribution in [0.4, 0.5) is 4.39 Å². The Labute approximate surface area is 193 Å². The molecule has 2 aromatic carbocycles. The fourth-order valence-corrected chi connectivity index (χ4v) is 4.25. The fourth-order valence-electron chi connectivity index (χ4n) is 3.92. The highest BCUT2D eigenvalue weighted by molar-refractivity contribution is 7.80. The number of hydrogen-bond donors (Lipinski definition) is 1. The Bertz CT molecular complexity index is 1150. The van der Waals surface area contributed by atoms with E-state index in [9.17, 15) is 4.39 Å². The molecule has 0 saturated heterocycles. The molecule has 0 fully saturated rings. The van der Waals surface area contributed by atoms with Gasteiger partial charge in [-0.3, -0.25) is 0 Å². The van der Waals surface area contributed by atoms with Crippen molar-refractivity contribution < 1.29 is 8.91 Å². The topological polar surface area (TPSA) is 54.2 Å². The number of aryl methyl sites for hydroxylation is 1. The average molecular weight is 451 g/mol. The molecule has 4 rings (SSSR count). The summed E-state index contributed by atoms with van der Waals surface area (Å²) in [5, 5.41) is 8.19. The van der Waals surface area contributed by atoms with Crippen LogP contribution in [-0.2, 0) is 6.42 Å². The molecule has 1 unspecified atom stereocenters. The van der Waals surface area contributed by atoms with Gasteiger partial charge in [-0.25, -0.2) is 4.39 Å². The third kappa shape index (κ3) is 4.43. The number of thiocarbonyl (C=S) groups is 1. The number of nitrogens with zero attached hydrogens (tertiary/aromatic N) is 3. The lowest BCUT2D eigenvalue weighted by Crippen LogP contribution is -2.47. The highest BCUT2D eigenvalue weighted by Gasteiger charge is 2.34. The number of hydrogen-bond acceptors (Lipinski definition) is 4. The monoisotopic (exact) mass is 450 g/mol. The zero-order valence-corrected chi connectivity index (χ0v) is 19.5. The van der Waals surface area contributed by atoms with Gasteiger partial charge in [0.1, 0.15) is 5.82 Å². The van der Waals surface area contributed by atoms with Gasteiger partial charge in [0.25, 0.3) is 5.89 Å². The van der Waals surface area contributed by atoms with Crippen molar-refractivity contribution in [2.24, 2.45) is 5.92 Å². The normalized spacial score (nSPS) is 16.6. The lowest BCUT2D eigenvalue weighted by Gasteiger charge is -2.38. The highest BCUT2D eigenvalue weighted by atomic mass is 32.1. The predicted octanol–water partition coefficient (Wildman–Crippen LogP) is 5.76.